The number of nitrogens with zero attached hydrogens (tertiary/aromatic N) is 2. The fraction of sp³-hybridized carbons (Fsp3) is 0.412. The molecule has 0 spiro atoms. The van der Waals surface area contributed by atoms with E-state index in [4.69, 9.17) is 9.57 Å². The number of methoxy groups -OCH3 is 1. The molecule has 0 radical (unpaired) electrons. The maximum Gasteiger partial charge on any atom is 0.246 e. The van der Waals surface area contributed by atoms with Crippen molar-refractivity contribution >= 4 is 29.3 Å². The van der Waals surface area contributed by atoms with Gasteiger partial charge in [-0.05, 0) is 125 Å². The van der Waals surface area contributed by atoms with Gasteiger partial charge in [-0.25, -0.2) is 5.06 Å². The number of nitrogens with one attached hydrogen (secondary N) is 1. The topological polar surface area (TPSA) is 71.1 Å². The molecule has 0 saturated carbocycles. The average Bonchev–Trinajstić information content (AvgIpc) is 2.95. The highest BCUT2D eigenvalue weighted by molar-refractivity contribution is 7.99. The number of piperidine rings is 1. The van der Waals surface area contributed by atoms with E-state index in [2.05, 4.69) is 65.7 Å². The number of rotatable bonds is 10. The van der Waals surface area contributed by atoms with E-state index in [1.165, 1.54) is 33.4 Å². The fourth-order valence-corrected chi connectivity index (χ4v) is 5.95. The molecule has 3 aromatic rings. The minimum Gasteiger partial charge on any atom is -0.497 e. The van der Waals surface area contributed by atoms with Gasteiger partial charge in [0.15, 0.2) is 0 Å². The summed E-state index contributed by atoms with van der Waals surface area (Å²) in [5, 5.41) is 4.07. The lowest BCUT2D eigenvalue weighted by atomic mass is 9.86. The van der Waals surface area contributed by atoms with Gasteiger partial charge in [0.1, 0.15) is 12.3 Å². The predicted octanol–water partition coefficient (Wildman–Crippen LogP) is 7.05. The molecule has 1 saturated heterocycles. The van der Waals surface area contributed by atoms with E-state index >= 15 is 0 Å². The van der Waals surface area contributed by atoms with Crippen LogP contribution in [0.5, 0.6) is 5.75 Å². The van der Waals surface area contributed by atoms with Crippen molar-refractivity contribution in [3.63, 3.8) is 0 Å². The molecule has 1 aliphatic heterocycles. The zero-order valence-electron chi connectivity index (χ0n) is 25.6. The second kappa shape index (κ2) is 14.2. The second-order valence-electron chi connectivity index (χ2n) is 11.9. The van der Waals surface area contributed by atoms with Crippen LogP contribution >= 0.6 is 11.8 Å². The molecule has 0 bridgehead atoms. The Morgan fingerprint density at radius 2 is 1.60 bits per heavy atom. The number of ether oxygens (including phenoxy) is 1. The van der Waals surface area contributed by atoms with E-state index < -0.39 is 5.60 Å². The predicted molar refractivity (Wildman–Crippen MR) is 169 cm³/mol. The lowest BCUT2D eigenvalue weighted by Gasteiger charge is -2.33. The molecule has 0 atom stereocenters. The van der Waals surface area contributed by atoms with Gasteiger partial charge in [0.25, 0.3) is 0 Å². The number of anilines is 1. The number of hydrogen-bond donors (Lipinski definition) is 1. The molecule has 1 fully saturated rings. The molecule has 8 heteroatoms. The van der Waals surface area contributed by atoms with Crippen LogP contribution in [-0.2, 0) is 21.0 Å². The highest BCUT2D eigenvalue weighted by Crippen LogP contribution is 2.33. The van der Waals surface area contributed by atoms with Crippen molar-refractivity contribution in [1.29, 1.82) is 0 Å². The number of aryl methyl sites for hydroxylation is 1. The van der Waals surface area contributed by atoms with Gasteiger partial charge in [0.2, 0.25) is 11.8 Å². The van der Waals surface area contributed by atoms with Crippen LogP contribution in [0.1, 0.15) is 63.1 Å². The van der Waals surface area contributed by atoms with Gasteiger partial charge in [-0.1, -0.05) is 30.0 Å². The minimum absolute atomic E-state index is 0.157. The Bertz CT molecular complexity index is 1340. The normalized spacial score (nSPS) is 14.4. The standard InChI is InChI=1S/C34H43N3O4S/c1-24-7-10-28(35-33(39)23-37(25(2)38)41-34(3,4)5)21-32(24)27-17-19-36(20-18-27)22-26-8-13-30(14-9-26)42-31-15-11-29(40-6)12-16-31/h7-16,21,27H,17-20,22-23H2,1-6H3,(H,35,39). The van der Waals surface area contributed by atoms with Crippen molar-refractivity contribution in [2.45, 2.75) is 75.3 Å². The van der Waals surface area contributed by atoms with E-state index in [1.807, 2.05) is 39.0 Å². The van der Waals surface area contributed by atoms with Crippen LogP contribution in [0.2, 0.25) is 0 Å². The van der Waals surface area contributed by atoms with Crippen LogP contribution in [0.3, 0.4) is 0 Å². The van der Waals surface area contributed by atoms with Crippen LogP contribution in [0, 0.1) is 6.92 Å². The quantitative estimate of drug-likeness (QED) is 0.256. The second-order valence-corrected chi connectivity index (χ2v) is 13.0. The Kier molecular flexibility index (Phi) is 10.7. The van der Waals surface area contributed by atoms with Crippen LogP contribution in [-0.4, -0.2) is 54.1 Å². The van der Waals surface area contributed by atoms with Crippen LogP contribution in [0.4, 0.5) is 5.69 Å². The van der Waals surface area contributed by atoms with Crippen LogP contribution < -0.4 is 10.1 Å². The summed E-state index contributed by atoms with van der Waals surface area (Å²) in [6, 6.07) is 23.1. The Balaban J connectivity index is 1.29. The van der Waals surface area contributed by atoms with Gasteiger partial charge in [-0.3, -0.25) is 19.3 Å². The van der Waals surface area contributed by atoms with E-state index in [0.717, 1.165) is 49.0 Å². The van der Waals surface area contributed by atoms with E-state index in [-0.39, 0.29) is 18.4 Å². The molecule has 2 amide bonds. The van der Waals surface area contributed by atoms with Gasteiger partial charge in [-0.2, -0.15) is 0 Å². The first kappa shape index (κ1) is 31.6. The number of benzene rings is 3. The van der Waals surface area contributed by atoms with Gasteiger partial charge in [0.05, 0.1) is 12.7 Å². The zero-order valence-corrected chi connectivity index (χ0v) is 26.4. The third-order valence-corrected chi connectivity index (χ3v) is 8.25. The molecular weight excluding hydrogens is 546 g/mol. The molecule has 0 aromatic heterocycles. The lowest BCUT2D eigenvalue weighted by Crippen LogP contribution is -2.41. The molecule has 4 rings (SSSR count). The molecule has 42 heavy (non-hydrogen) atoms. The summed E-state index contributed by atoms with van der Waals surface area (Å²) in [7, 11) is 1.68. The molecule has 3 aromatic carbocycles. The molecule has 1 heterocycles. The summed E-state index contributed by atoms with van der Waals surface area (Å²) in [5.74, 6) is 0.722. The number of amides is 2. The summed E-state index contributed by atoms with van der Waals surface area (Å²) in [6.45, 7) is 11.9. The number of hydrogen-bond acceptors (Lipinski definition) is 6. The molecule has 0 aliphatic carbocycles. The van der Waals surface area contributed by atoms with Gasteiger partial charge in [0, 0.05) is 28.9 Å². The highest BCUT2D eigenvalue weighted by atomic mass is 32.2. The monoisotopic (exact) mass is 589 g/mol. The summed E-state index contributed by atoms with van der Waals surface area (Å²) in [6.07, 6.45) is 2.14. The largest absolute Gasteiger partial charge is 0.497 e. The summed E-state index contributed by atoms with van der Waals surface area (Å²) >= 11 is 1.75. The van der Waals surface area contributed by atoms with E-state index in [9.17, 15) is 9.59 Å². The smallest absolute Gasteiger partial charge is 0.246 e. The molecule has 0 unspecified atom stereocenters. The molecule has 7 nitrogen and oxygen atoms in total. The lowest BCUT2D eigenvalue weighted by molar-refractivity contribution is -0.223. The van der Waals surface area contributed by atoms with E-state index in [1.54, 1.807) is 18.9 Å². The molecular formula is C34H43N3O4S. The Morgan fingerprint density at radius 3 is 2.17 bits per heavy atom. The first-order valence-corrected chi connectivity index (χ1v) is 15.3. The number of carbonyl (C=O) groups is 2. The van der Waals surface area contributed by atoms with Crippen molar-refractivity contribution in [1.82, 2.24) is 9.96 Å². The van der Waals surface area contributed by atoms with Gasteiger partial charge < -0.3 is 10.1 Å². The molecule has 224 valence electrons. The molecule has 1 N–H and O–H groups in total. The highest BCUT2D eigenvalue weighted by Gasteiger charge is 2.24. The van der Waals surface area contributed by atoms with Gasteiger partial charge >= 0.3 is 0 Å². The number of hydroxylamine groups is 2. The first-order valence-electron chi connectivity index (χ1n) is 14.5. The zero-order chi connectivity index (χ0) is 30.3. The molecule has 1 aliphatic rings. The maximum atomic E-state index is 12.7. The van der Waals surface area contributed by atoms with Crippen molar-refractivity contribution in [3.05, 3.63) is 83.4 Å². The first-order chi connectivity index (χ1) is 20.0. The SMILES string of the molecule is COc1ccc(Sc2ccc(CN3CCC(c4cc(NC(=O)CN(OC(C)(C)C)C(C)=O)ccc4C)CC3)cc2)cc1. The minimum atomic E-state index is -0.571. The Hall–Kier alpha value is -3.33. The van der Waals surface area contributed by atoms with E-state index in [0.29, 0.717) is 5.92 Å². The van der Waals surface area contributed by atoms with Crippen LogP contribution in [0.15, 0.2) is 76.5 Å². The third kappa shape index (κ3) is 9.34. The summed E-state index contributed by atoms with van der Waals surface area (Å²) in [4.78, 5) is 35.3. The Labute approximate surface area is 254 Å². The van der Waals surface area contributed by atoms with Gasteiger partial charge in [-0.15, -0.1) is 0 Å². The van der Waals surface area contributed by atoms with Crippen LogP contribution in [0.25, 0.3) is 0 Å². The summed E-state index contributed by atoms with van der Waals surface area (Å²) < 4.78 is 5.25. The number of likely N-dealkylation sites (tertiary alicyclic amines) is 1. The van der Waals surface area contributed by atoms with Crippen molar-refractivity contribution in [3.8, 4) is 5.75 Å². The maximum absolute atomic E-state index is 12.7. The summed E-state index contributed by atoms with van der Waals surface area (Å²) in [5.41, 5.74) is 4.01. The average molecular weight is 590 g/mol. The number of carbonyl (C=O) groups excluding carboxylic acids is 2. The van der Waals surface area contributed by atoms with Crippen molar-refractivity contribution in [2.24, 2.45) is 0 Å². The van der Waals surface area contributed by atoms with Crippen molar-refractivity contribution < 1.29 is 19.2 Å². The fourth-order valence-electron chi connectivity index (χ4n) is 5.13. The Morgan fingerprint density at radius 1 is 0.976 bits per heavy atom. The third-order valence-electron chi connectivity index (χ3n) is 7.24. The van der Waals surface area contributed by atoms with Crippen molar-refractivity contribution in [2.75, 3.05) is 32.1 Å².